The second-order valence-corrected chi connectivity index (χ2v) is 4.37. The minimum absolute atomic E-state index is 0.135. The fourth-order valence-electron chi connectivity index (χ4n) is 1.91. The van der Waals surface area contributed by atoms with Crippen molar-refractivity contribution in [2.45, 2.75) is 13.8 Å². The van der Waals surface area contributed by atoms with Crippen LogP contribution in [0.15, 0.2) is 29.1 Å². The highest BCUT2D eigenvalue weighted by molar-refractivity contribution is 5.88. The van der Waals surface area contributed by atoms with Crippen LogP contribution in [0.3, 0.4) is 0 Å². The van der Waals surface area contributed by atoms with Crippen LogP contribution in [0.2, 0.25) is 0 Å². The summed E-state index contributed by atoms with van der Waals surface area (Å²) in [6.07, 6.45) is 0. The highest BCUT2D eigenvalue weighted by Crippen LogP contribution is 2.14. The quantitative estimate of drug-likeness (QED) is 0.846. The minimum Gasteiger partial charge on any atom is -0.393 e. The molecular formula is C13H16N4O2. The molecule has 3 N–H and O–H groups in total. The fourth-order valence-corrected chi connectivity index (χ4v) is 1.91. The van der Waals surface area contributed by atoms with Gasteiger partial charge in [0.15, 0.2) is 0 Å². The zero-order valence-corrected chi connectivity index (χ0v) is 11.1. The smallest absolute Gasteiger partial charge is 0.294 e. The van der Waals surface area contributed by atoms with Gasteiger partial charge in [-0.05, 0) is 31.2 Å². The Morgan fingerprint density at radius 3 is 2.26 bits per heavy atom. The van der Waals surface area contributed by atoms with Gasteiger partial charge in [0, 0.05) is 19.7 Å². The van der Waals surface area contributed by atoms with Gasteiger partial charge in [-0.1, -0.05) is 0 Å². The monoisotopic (exact) mass is 260 g/mol. The van der Waals surface area contributed by atoms with Crippen molar-refractivity contribution >= 4 is 17.3 Å². The molecule has 1 aromatic carbocycles. The summed E-state index contributed by atoms with van der Waals surface area (Å²) in [5.41, 5.74) is 7.82. The number of carbonyl (C=O) groups excluding carboxylic acids is 1. The molecule has 0 aliphatic heterocycles. The molecule has 0 bridgehead atoms. The number of hydrogen-bond donors (Lipinski definition) is 2. The Morgan fingerprint density at radius 1 is 1.26 bits per heavy atom. The van der Waals surface area contributed by atoms with E-state index in [1.807, 2.05) is 0 Å². The van der Waals surface area contributed by atoms with Gasteiger partial charge in [0.2, 0.25) is 5.91 Å². The van der Waals surface area contributed by atoms with Gasteiger partial charge in [0.25, 0.3) is 5.56 Å². The average Bonchev–Trinajstić information content (AvgIpc) is 2.55. The molecule has 19 heavy (non-hydrogen) atoms. The van der Waals surface area contributed by atoms with Crippen LogP contribution in [0.5, 0.6) is 0 Å². The van der Waals surface area contributed by atoms with Gasteiger partial charge in [-0.15, -0.1) is 0 Å². The number of nitrogens with zero attached hydrogens (tertiary/aromatic N) is 2. The normalized spacial score (nSPS) is 10.5. The third-order valence-electron chi connectivity index (χ3n) is 3.03. The Kier molecular flexibility index (Phi) is 3.16. The molecule has 1 amide bonds. The molecule has 2 rings (SSSR count). The van der Waals surface area contributed by atoms with Crippen LogP contribution in [-0.2, 0) is 11.8 Å². The van der Waals surface area contributed by atoms with Crippen LogP contribution < -0.4 is 16.6 Å². The summed E-state index contributed by atoms with van der Waals surface area (Å²) in [6.45, 7) is 3.23. The van der Waals surface area contributed by atoms with E-state index in [2.05, 4.69) is 5.32 Å². The third-order valence-corrected chi connectivity index (χ3v) is 3.03. The molecule has 6 nitrogen and oxygen atoms in total. The lowest BCUT2D eigenvalue weighted by atomic mass is 10.3. The van der Waals surface area contributed by atoms with Crippen LogP contribution in [0.4, 0.5) is 11.4 Å². The van der Waals surface area contributed by atoms with Crippen molar-refractivity contribution in [3.63, 3.8) is 0 Å². The first kappa shape index (κ1) is 12.9. The van der Waals surface area contributed by atoms with Crippen molar-refractivity contribution in [2.75, 3.05) is 11.1 Å². The summed E-state index contributed by atoms with van der Waals surface area (Å²) in [5.74, 6) is -0.135. The second-order valence-electron chi connectivity index (χ2n) is 4.37. The Bertz CT molecular complexity index is 680. The topological polar surface area (TPSA) is 82.1 Å². The number of amides is 1. The molecule has 2 aromatic rings. The number of rotatable bonds is 2. The van der Waals surface area contributed by atoms with E-state index in [0.717, 1.165) is 5.69 Å². The van der Waals surface area contributed by atoms with Gasteiger partial charge in [0.1, 0.15) is 5.69 Å². The van der Waals surface area contributed by atoms with Crippen molar-refractivity contribution in [1.82, 2.24) is 9.36 Å². The number of anilines is 2. The molecule has 0 saturated heterocycles. The number of aromatic nitrogens is 2. The van der Waals surface area contributed by atoms with E-state index in [1.165, 1.54) is 11.6 Å². The zero-order chi connectivity index (χ0) is 14.2. The van der Waals surface area contributed by atoms with Gasteiger partial charge < -0.3 is 11.1 Å². The summed E-state index contributed by atoms with van der Waals surface area (Å²) in [6, 6.07) is 6.99. The SMILES string of the molecule is CC(=O)Nc1ccc(-n2c(=O)c(N)c(C)n2C)cc1. The van der Waals surface area contributed by atoms with E-state index in [-0.39, 0.29) is 17.2 Å². The number of carbonyl (C=O) groups is 1. The summed E-state index contributed by atoms with van der Waals surface area (Å²) in [5, 5.41) is 2.67. The lowest BCUT2D eigenvalue weighted by Crippen LogP contribution is -2.20. The summed E-state index contributed by atoms with van der Waals surface area (Å²) in [4.78, 5) is 23.0. The van der Waals surface area contributed by atoms with Crippen LogP contribution in [0, 0.1) is 6.92 Å². The molecule has 0 aliphatic carbocycles. The molecule has 0 radical (unpaired) electrons. The summed E-state index contributed by atoms with van der Waals surface area (Å²) >= 11 is 0. The van der Waals surface area contributed by atoms with Crippen molar-refractivity contribution in [3.8, 4) is 5.69 Å². The molecule has 0 spiro atoms. The first-order valence-corrected chi connectivity index (χ1v) is 5.84. The van der Waals surface area contributed by atoms with Crippen LogP contribution in [0.1, 0.15) is 12.6 Å². The maximum Gasteiger partial charge on any atom is 0.294 e. The standard InChI is InChI=1S/C13H16N4O2/c1-8-12(14)13(19)17(16(8)3)11-6-4-10(5-7-11)15-9(2)18/h4-7H,14H2,1-3H3,(H,15,18). The molecular weight excluding hydrogens is 244 g/mol. The fraction of sp³-hybridized carbons (Fsp3) is 0.231. The molecule has 1 heterocycles. The minimum atomic E-state index is -0.243. The van der Waals surface area contributed by atoms with Crippen LogP contribution in [-0.4, -0.2) is 15.3 Å². The first-order valence-electron chi connectivity index (χ1n) is 5.84. The van der Waals surface area contributed by atoms with Crippen molar-refractivity contribution in [2.24, 2.45) is 7.05 Å². The molecule has 0 unspecified atom stereocenters. The largest absolute Gasteiger partial charge is 0.393 e. The van der Waals surface area contributed by atoms with Gasteiger partial charge in [-0.25, -0.2) is 4.68 Å². The lowest BCUT2D eigenvalue weighted by Gasteiger charge is -2.09. The van der Waals surface area contributed by atoms with E-state index in [9.17, 15) is 9.59 Å². The number of nitrogens with one attached hydrogen (secondary N) is 1. The van der Waals surface area contributed by atoms with Gasteiger partial charge in [-0.2, -0.15) is 0 Å². The number of hydrogen-bond acceptors (Lipinski definition) is 3. The van der Waals surface area contributed by atoms with E-state index in [1.54, 1.807) is 42.9 Å². The second kappa shape index (κ2) is 4.64. The molecule has 0 aliphatic rings. The highest BCUT2D eigenvalue weighted by atomic mass is 16.1. The first-order chi connectivity index (χ1) is 8.91. The molecule has 0 fully saturated rings. The zero-order valence-electron chi connectivity index (χ0n) is 11.1. The number of nitrogen functional groups attached to an aromatic ring is 1. The molecule has 100 valence electrons. The molecule has 1 aromatic heterocycles. The molecule has 0 atom stereocenters. The Hall–Kier alpha value is -2.50. The van der Waals surface area contributed by atoms with Crippen LogP contribution >= 0.6 is 0 Å². The van der Waals surface area contributed by atoms with Crippen molar-refractivity contribution < 1.29 is 4.79 Å². The predicted molar refractivity (Wildman–Crippen MR) is 74.5 cm³/mol. The van der Waals surface area contributed by atoms with E-state index >= 15 is 0 Å². The lowest BCUT2D eigenvalue weighted by molar-refractivity contribution is -0.114. The van der Waals surface area contributed by atoms with Crippen LogP contribution in [0.25, 0.3) is 5.69 Å². The van der Waals surface area contributed by atoms with E-state index in [4.69, 9.17) is 5.73 Å². The van der Waals surface area contributed by atoms with Crippen molar-refractivity contribution in [1.29, 1.82) is 0 Å². The van der Waals surface area contributed by atoms with Gasteiger partial charge in [0.05, 0.1) is 11.4 Å². The number of benzene rings is 1. The summed E-state index contributed by atoms with van der Waals surface area (Å²) in [7, 11) is 1.77. The maximum atomic E-state index is 12.0. The molecule has 0 saturated carbocycles. The highest BCUT2D eigenvalue weighted by Gasteiger charge is 2.12. The number of nitrogens with two attached hydrogens (primary N) is 1. The average molecular weight is 260 g/mol. The Balaban J connectivity index is 2.46. The van der Waals surface area contributed by atoms with Gasteiger partial charge >= 0.3 is 0 Å². The van der Waals surface area contributed by atoms with Gasteiger partial charge in [-0.3, -0.25) is 14.3 Å². The van der Waals surface area contributed by atoms with Crippen molar-refractivity contribution in [3.05, 3.63) is 40.3 Å². The Labute approximate surface area is 110 Å². The maximum absolute atomic E-state index is 12.0. The van der Waals surface area contributed by atoms with E-state index < -0.39 is 0 Å². The van der Waals surface area contributed by atoms with E-state index in [0.29, 0.717) is 11.4 Å². The molecule has 6 heteroatoms. The third kappa shape index (κ3) is 2.24. The Morgan fingerprint density at radius 2 is 1.84 bits per heavy atom. The summed E-state index contributed by atoms with van der Waals surface area (Å²) < 4.78 is 3.19. The predicted octanol–water partition coefficient (Wildman–Crippen LogP) is 1.03.